The van der Waals surface area contributed by atoms with E-state index in [-0.39, 0.29) is 12.0 Å². The van der Waals surface area contributed by atoms with Crippen LogP contribution < -0.4 is 0 Å². The molecule has 1 rings (SSSR count). The van der Waals surface area contributed by atoms with Crippen molar-refractivity contribution in [3.8, 4) is 0 Å². The summed E-state index contributed by atoms with van der Waals surface area (Å²) in [6, 6.07) is 2.27. The van der Waals surface area contributed by atoms with E-state index in [0.29, 0.717) is 5.92 Å². The van der Waals surface area contributed by atoms with Gasteiger partial charge in [0.2, 0.25) is 0 Å². The molecule has 0 amide bonds. The van der Waals surface area contributed by atoms with Gasteiger partial charge >= 0.3 is 0 Å². The molecule has 0 atom stereocenters. The molecule has 1 aromatic rings. The molecule has 2 heteroatoms. The summed E-state index contributed by atoms with van der Waals surface area (Å²) in [5.41, 5.74) is 4.04. The van der Waals surface area contributed by atoms with Crippen molar-refractivity contribution in [1.29, 1.82) is 0 Å². The van der Waals surface area contributed by atoms with Crippen LogP contribution in [0.4, 0.5) is 0 Å². The van der Waals surface area contributed by atoms with Crippen LogP contribution in [0, 0.1) is 25.2 Å². The standard InChI is InChI=1S/C15H27NO/c1-11(2)9-16-12(3)7-14(13(16)4)8-15(5,6)10-17/h7,11,17H,8-10H2,1-6H3. The Morgan fingerprint density at radius 3 is 2.35 bits per heavy atom. The fourth-order valence-electron chi connectivity index (χ4n) is 2.27. The lowest BCUT2D eigenvalue weighted by Gasteiger charge is -2.21. The number of aliphatic hydroxyl groups is 1. The Morgan fingerprint density at radius 1 is 1.29 bits per heavy atom. The quantitative estimate of drug-likeness (QED) is 0.835. The van der Waals surface area contributed by atoms with Crippen LogP contribution in [0.2, 0.25) is 0 Å². The van der Waals surface area contributed by atoms with E-state index in [0.717, 1.165) is 13.0 Å². The maximum Gasteiger partial charge on any atom is 0.0485 e. The molecule has 1 heterocycles. The summed E-state index contributed by atoms with van der Waals surface area (Å²) in [5, 5.41) is 9.36. The second-order valence-electron chi connectivity index (χ2n) is 6.40. The first-order valence-electron chi connectivity index (χ1n) is 6.53. The van der Waals surface area contributed by atoms with Crippen LogP contribution in [0.3, 0.4) is 0 Å². The van der Waals surface area contributed by atoms with Crippen LogP contribution in [0.15, 0.2) is 6.07 Å². The molecule has 0 radical (unpaired) electrons. The minimum atomic E-state index is -0.0266. The maximum atomic E-state index is 9.36. The Kier molecular flexibility index (Phi) is 4.42. The summed E-state index contributed by atoms with van der Waals surface area (Å²) in [5.74, 6) is 0.665. The molecule has 0 unspecified atom stereocenters. The first kappa shape index (κ1) is 14.3. The Bertz CT molecular complexity index is 375. The zero-order valence-corrected chi connectivity index (χ0v) is 12.2. The summed E-state index contributed by atoms with van der Waals surface area (Å²) >= 11 is 0. The third kappa shape index (κ3) is 3.60. The smallest absolute Gasteiger partial charge is 0.0485 e. The van der Waals surface area contributed by atoms with Crippen LogP contribution in [0.25, 0.3) is 0 Å². The van der Waals surface area contributed by atoms with Crippen LogP contribution >= 0.6 is 0 Å². The summed E-state index contributed by atoms with van der Waals surface area (Å²) in [6.07, 6.45) is 0.946. The van der Waals surface area contributed by atoms with Gasteiger partial charge in [-0.15, -0.1) is 0 Å². The van der Waals surface area contributed by atoms with Crippen molar-refractivity contribution >= 4 is 0 Å². The Balaban J connectivity index is 2.96. The Labute approximate surface area is 106 Å². The van der Waals surface area contributed by atoms with E-state index in [4.69, 9.17) is 0 Å². The molecule has 0 bridgehead atoms. The van der Waals surface area contributed by atoms with Crippen molar-refractivity contribution < 1.29 is 5.11 Å². The van der Waals surface area contributed by atoms with Crippen LogP contribution in [0.5, 0.6) is 0 Å². The lowest BCUT2D eigenvalue weighted by Crippen LogP contribution is -2.20. The molecule has 1 aromatic heterocycles. The molecule has 98 valence electrons. The highest BCUT2D eigenvalue weighted by Crippen LogP contribution is 2.25. The van der Waals surface area contributed by atoms with Gasteiger partial charge in [-0.25, -0.2) is 0 Å². The van der Waals surface area contributed by atoms with E-state index in [1.54, 1.807) is 0 Å². The third-order valence-electron chi connectivity index (χ3n) is 3.32. The zero-order chi connectivity index (χ0) is 13.2. The third-order valence-corrected chi connectivity index (χ3v) is 3.32. The molecule has 0 aliphatic rings. The molecule has 0 saturated carbocycles. The molecule has 0 aromatic carbocycles. The van der Waals surface area contributed by atoms with Crippen molar-refractivity contribution in [2.24, 2.45) is 11.3 Å². The van der Waals surface area contributed by atoms with E-state index in [1.807, 2.05) is 0 Å². The Morgan fingerprint density at radius 2 is 1.88 bits per heavy atom. The van der Waals surface area contributed by atoms with Gasteiger partial charge < -0.3 is 9.67 Å². The van der Waals surface area contributed by atoms with Crippen molar-refractivity contribution in [2.45, 2.75) is 54.5 Å². The lowest BCUT2D eigenvalue weighted by atomic mass is 9.87. The van der Waals surface area contributed by atoms with Gasteiger partial charge in [-0.1, -0.05) is 27.7 Å². The highest BCUT2D eigenvalue weighted by molar-refractivity contribution is 5.27. The number of aryl methyl sites for hydroxylation is 1. The zero-order valence-electron chi connectivity index (χ0n) is 12.2. The Hall–Kier alpha value is -0.760. The van der Waals surface area contributed by atoms with Crippen LogP contribution in [0.1, 0.15) is 44.6 Å². The van der Waals surface area contributed by atoms with Crippen molar-refractivity contribution in [2.75, 3.05) is 6.61 Å². The SMILES string of the molecule is Cc1cc(CC(C)(C)CO)c(C)n1CC(C)C. The van der Waals surface area contributed by atoms with Crippen LogP contribution in [-0.4, -0.2) is 16.3 Å². The number of nitrogens with zero attached hydrogens (tertiary/aromatic N) is 1. The highest BCUT2D eigenvalue weighted by atomic mass is 16.3. The highest BCUT2D eigenvalue weighted by Gasteiger charge is 2.20. The molecular formula is C15H27NO. The van der Waals surface area contributed by atoms with E-state index in [9.17, 15) is 5.11 Å². The number of hydrogen-bond donors (Lipinski definition) is 1. The first-order valence-corrected chi connectivity index (χ1v) is 6.53. The predicted molar refractivity (Wildman–Crippen MR) is 73.3 cm³/mol. The van der Waals surface area contributed by atoms with Crippen molar-refractivity contribution in [1.82, 2.24) is 4.57 Å². The fraction of sp³-hybridized carbons (Fsp3) is 0.733. The second-order valence-corrected chi connectivity index (χ2v) is 6.40. The number of rotatable bonds is 5. The molecule has 0 fully saturated rings. The molecule has 0 spiro atoms. The summed E-state index contributed by atoms with van der Waals surface area (Å²) in [7, 11) is 0. The molecule has 17 heavy (non-hydrogen) atoms. The summed E-state index contributed by atoms with van der Waals surface area (Å²) < 4.78 is 2.40. The minimum absolute atomic E-state index is 0.0266. The predicted octanol–water partition coefficient (Wildman–Crippen LogP) is 3.32. The summed E-state index contributed by atoms with van der Waals surface area (Å²) in [6.45, 7) is 14.4. The number of aliphatic hydroxyl groups excluding tert-OH is 1. The molecule has 1 N–H and O–H groups in total. The van der Waals surface area contributed by atoms with Gasteiger partial charge in [-0.2, -0.15) is 0 Å². The van der Waals surface area contributed by atoms with Crippen molar-refractivity contribution in [3.63, 3.8) is 0 Å². The minimum Gasteiger partial charge on any atom is -0.396 e. The lowest BCUT2D eigenvalue weighted by molar-refractivity contribution is 0.159. The molecule has 2 nitrogen and oxygen atoms in total. The van der Waals surface area contributed by atoms with Crippen molar-refractivity contribution in [3.05, 3.63) is 23.0 Å². The number of aromatic nitrogens is 1. The van der Waals surface area contributed by atoms with Gasteiger partial charge in [0.15, 0.2) is 0 Å². The van der Waals surface area contributed by atoms with Crippen LogP contribution in [-0.2, 0) is 13.0 Å². The monoisotopic (exact) mass is 237 g/mol. The van der Waals surface area contributed by atoms with Gasteiger partial charge in [0.05, 0.1) is 0 Å². The molecule has 0 aliphatic heterocycles. The van der Waals surface area contributed by atoms with E-state index in [2.05, 4.69) is 52.2 Å². The van der Waals surface area contributed by atoms with Gasteiger partial charge in [0, 0.05) is 24.5 Å². The average molecular weight is 237 g/mol. The number of hydrogen-bond acceptors (Lipinski definition) is 1. The van der Waals surface area contributed by atoms with Gasteiger partial charge in [-0.3, -0.25) is 0 Å². The van der Waals surface area contributed by atoms with Gasteiger partial charge in [-0.05, 0) is 43.2 Å². The summed E-state index contributed by atoms with van der Waals surface area (Å²) in [4.78, 5) is 0. The molecular weight excluding hydrogens is 210 g/mol. The molecule has 0 saturated heterocycles. The maximum absolute atomic E-state index is 9.36. The largest absolute Gasteiger partial charge is 0.396 e. The topological polar surface area (TPSA) is 25.2 Å². The molecule has 0 aliphatic carbocycles. The fourth-order valence-corrected chi connectivity index (χ4v) is 2.27. The first-order chi connectivity index (χ1) is 7.76. The average Bonchev–Trinajstić information content (AvgIpc) is 2.45. The van der Waals surface area contributed by atoms with Gasteiger partial charge in [0.1, 0.15) is 0 Å². The van der Waals surface area contributed by atoms with E-state index < -0.39 is 0 Å². The van der Waals surface area contributed by atoms with E-state index >= 15 is 0 Å². The normalized spacial score (nSPS) is 12.5. The second kappa shape index (κ2) is 5.26. The van der Waals surface area contributed by atoms with E-state index in [1.165, 1.54) is 17.0 Å². The van der Waals surface area contributed by atoms with Gasteiger partial charge in [0.25, 0.3) is 0 Å².